The summed E-state index contributed by atoms with van der Waals surface area (Å²) in [4.78, 5) is 16.4. The fourth-order valence-electron chi connectivity index (χ4n) is 5.65. The van der Waals surface area contributed by atoms with Crippen LogP contribution in [-0.4, -0.2) is 42.7 Å². The molecule has 196 valence electrons. The maximum atomic E-state index is 5.06. The highest BCUT2D eigenvalue weighted by atomic mass is 15.3. The number of pyridine rings is 3. The van der Waals surface area contributed by atoms with Crippen LogP contribution >= 0.6 is 0 Å². The van der Waals surface area contributed by atoms with Crippen LogP contribution in [0, 0.1) is 0 Å². The lowest BCUT2D eigenvalue weighted by molar-refractivity contribution is 0.173. The molecule has 0 aliphatic carbocycles. The molecule has 6 heteroatoms. The van der Waals surface area contributed by atoms with E-state index in [1.165, 1.54) is 5.56 Å². The number of fused-ring (bicyclic) bond motifs is 1. The number of rotatable bonds is 6. The summed E-state index contributed by atoms with van der Waals surface area (Å²) in [6, 6.07) is 30.0. The molecule has 40 heavy (non-hydrogen) atoms. The maximum absolute atomic E-state index is 5.06. The van der Waals surface area contributed by atoms with Gasteiger partial charge in [0.15, 0.2) is 0 Å². The van der Waals surface area contributed by atoms with Gasteiger partial charge in [-0.25, -0.2) is 4.98 Å². The lowest BCUT2D eigenvalue weighted by Gasteiger charge is -2.32. The van der Waals surface area contributed by atoms with Gasteiger partial charge in [0, 0.05) is 66.5 Å². The first-order chi connectivity index (χ1) is 19.8. The Bertz CT molecular complexity index is 1720. The summed E-state index contributed by atoms with van der Waals surface area (Å²) in [6.07, 6.45) is 11.8. The summed E-state index contributed by atoms with van der Waals surface area (Å²) in [5, 5.41) is 5.71. The highest BCUT2D eigenvalue weighted by Gasteiger charge is 2.22. The first-order valence-corrected chi connectivity index (χ1v) is 13.9. The average molecular weight is 523 g/mol. The van der Waals surface area contributed by atoms with Gasteiger partial charge in [-0.1, -0.05) is 60.7 Å². The molecule has 1 aliphatic heterocycles. The van der Waals surface area contributed by atoms with E-state index in [1.807, 2.05) is 48.9 Å². The number of nitrogens with zero attached hydrogens (tertiary/aromatic N) is 6. The normalized spacial score (nSPS) is 14.5. The van der Waals surface area contributed by atoms with Gasteiger partial charge < -0.3 is 0 Å². The lowest BCUT2D eigenvalue weighted by atomic mass is 9.97. The molecule has 0 spiro atoms. The molecule has 1 fully saturated rings. The number of hydrogen-bond donors (Lipinski definition) is 0. The standard InChI is InChI=1S/C34H30N6/c1-2-6-26(7-3-1)31-20-28-21-35-17-13-33(28)38-34(31)27-11-9-25(10-12-27)23-39-18-14-30(15-19-39)40-24-29(22-37-40)32-8-4-5-16-36-32/h1-13,16-17,20-22,24,30H,14-15,18-19,23H2. The van der Waals surface area contributed by atoms with E-state index in [4.69, 9.17) is 4.98 Å². The molecular formula is C34H30N6. The Morgan fingerprint density at radius 1 is 0.750 bits per heavy atom. The Labute approximate surface area is 234 Å². The zero-order valence-electron chi connectivity index (χ0n) is 22.3. The predicted molar refractivity (Wildman–Crippen MR) is 159 cm³/mol. The molecule has 6 nitrogen and oxygen atoms in total. The van der Waals surface area contributed by atoms with Crippen molar-refractivity contribution < 1.29 is 0 Å². The number of likely N-dealkylation sites (tertiary alicyclic amines) is 1. The van der Waals surface area contributed by atoms with E-state index in [-0.39, 0.29) is 0 Å². The molecule has 0 radical (unpaired) electrons. The summed E-state index contributed by atoms with van der Waals surface area (Å²) in [5.74, 6) is 0. The zero-order valence-corrected chi connectivity index (χ0v) is 22.3. The fourth-order valence-corrected chi connectivity index (χ4v) is 5.65. The average Bonchev–Trinajstić information content (AvgIpc) is 3.53. The van der Waals surface area contributed by atoms with Gasteiger partial charge in [0.05, 0.1) is 29.1 Å². The maximum Gasteiger partial charge on any atom is 0.0788 e. The molecule has 0 bridgehead atoms. The van der Waals surface area contributed by atoms with E-state index >= 15 is 0 Å². The molecule has 1 aliphatic rings. The largest absolute Gasteiger partial charge is 0.299 e. The van der Waals surface area contributed by atoms with Crippen molar-refractivity contribution in [3.63, 3.8) is 0 Å². The second kappa shape index (κ2) is 10.8. The molecule has 2 aromatic carbocycles. The predicted octanol–water partition coefficient (Wildman–Crippen LogP) is 7.06. The molecule has 6 aromatic rings. The summed E-state index contributed by atoms with van der Waals surface area (Å²) in [6.45, 7) is 3.07. The van der Waals surface area contributed by atoms with Crippen molar-refractivity contribution >= 4 is 10.9 Å². The van der Waals surface area contributed by atoms with Gasteiger partial charge in [0.1, 0.15) is 0 Å². The molecule has 4 aromatic heterocycles. The Hall–Kier alpha value is -4.68. The van der Waals surface area contributed by atoms with Crippen LogP contribution < -0.4 is 0 Å². The molecule has 7 rings (SSSR count). The first kappa shape index (κ1) is 24.4. The minimum Gasteiger partial charge on any atom is -0.299 e. The quantitative estimate of drug-likeness (QED) is 0.234. The van der Waals surface area contributed by atoms with Crippen molar-refractivity contribution in [2.75, 3.05) is 13.1 Å². The Balaban J connectivity index is 1.05. The number of aromatic nitrogens is 5. The van der Waals surface area contributed by atoms with Crippen LogP contribution in [0.25, 0.3) is 44.5 Å². The van der Waals surface area contributed by atoms with Gasteiger partial charge in [0.25, 0.3) is 0 Å². The van der Waals surface area contributed by atoms with E-state index in [1.54, 1.807) is 6.20 Å². The fraction of sp³-hybridized carbons (Fsp3) is 0.176. The summed E-state index contributed by atoms with van der Waals surface area (Å²) < 4.78 is 2.13. The highest BCUT2D eigenvalue weighted by molar-refractivity contribution is 5.91. The Morgan fingerprint density at radius 3 is 2.38 bits per heavy atom. The molecular weight excluding hydrogens is 492 g/mol. The molecule has 1 saturated heterocycles. The summed E-state index contributed by atoms with van der Waals surface area (Å²) >= 11 is 0. The van der Waals surface area contributed by atoms with Crippen molar-refractivity contribution in [2.24, 2.45) is 0 Å². The van der Waals surface area contributed by atoms with Crippen LogP contribution in [0.5, 0.6) is 0 Å². The SMILES string of the molecule is c1ccc(-c2cc3cnccc3nc2-c2ccc(CN3CCC(n4cc(-c5ccccn5)cn4)CC3)cc2)cc1. The van der Waals surface area contributed by atoms with Gasteiger partial charge in [-0.2, -0.15) is 5.10 Å². The van der Waals surface area contributed by atoms with Gasteiger partial charge in [-0.05, 0) is 48.2 Å². The number of hydrogen-bond acceptors (Lipinski definition) is 5. The molecule has 0 N–H and O–H groups in total. The smallest absolute Gasteiger partial charge is 0.0788 e. The van der Waals surface area contributed by atoms with E-state index in [9.17, 15) is 0 Å². The zero-order chi connectivity index (χ0) is 26.7. The van der Waals surface area contributed by atoms with E-state index < -0.39 is 0 Å². The Kier molecular flexibility index (Phi) is 6.60. The molecule has 0 amide bonds. The van der Waals surface area contributed by atoms with E-state index in [2.05, 4.69) is 85.4 Å². The van der Waals surface area contributed by atoms with Gasteiger partial charge in [-0.3, -0.25) is 19.5 Å². The van der Waals surface area contributed by atoms with Crippen molar-refractivity contribution in [3.05, 3.63) is 121 Å². The third-order valence-corrected chi connectivity index (χ3v) is 7.83. The van der Waals surface area contributed by atoms with E-state index in [0.717, 1.165) is 77.0 Å². The minimum absolute atomic E-state index is 0.432. The van der Waals surface area contributed by atoms with Crippen molar-refractivity contribution in [3.8, 4) is 33.6 Å². The van der Waals surface area contributed by atoms with Crippen LogP contribution in [0.4, 0.5) is 0 Å². The van der Waals surface area contributed by atoms with Crippen LogP contribution in [0.2, 0.25) is 0 Å². The van der Waals surface area contributed by atoms with Crippen LogP contribution in [0.3, 0.4) is 0 Å². The van der Waals surface area contributed by atoms with Crippen LogP contribution in [0.15, 0.2) is 116 Å². The monoisotopic (exact) mass is 522 g/mol. The second-order valence-electron chi connectivity index (χ2n) is 10.4. The third kappa shape index (κ3) is 5.01. The van der Waals surface area contributed by atoms with Crippen molar-refractivity contribution in [2.45, 2.75) is 25.4 Å². The second-order valence-corrected chi connectivity index (χ2v) is 10.4. The van der Waals surface area contributed by atoms with Crippen molar-refractivity contribution in [1.29, 1.82) is 0 Å². The summed E-state index contributed by atoms with van der Waals surface area (Å²) in [7, 11) is 0. The highest BCUT2D eigenvalue weighted by Crippen LogP contribution is 2.33. The van der Waals surface area contributed by atoms with Crippen LogP contribution in [-0.2, 0) is 6.54 Å². The molecule has 5 heterocycles. The Morgan fingerprint density at radius 2 is 1.57 bits per heavy atom. The molecule has 0 atom stereocenters. The number of benzene rings is 2. The molecule has 0 unspecified atom stereocenters. The number of piperidine rings is 1. The van der Waals surface area contributed by atoms with E-state index in [0.29, 0.717) is 6.04 Å². The lowest BCUT2D eigenvalue weighted by Crippen LogP contribution is -2.34. The van der Waals surface area contributed by atoms with Gasteiger partial charge >= 0.3 is 0 Å². The third-order valence-electron chi connectivity index (χ3n) is 7.83. The minimum atomic E-state index is 0.432. The topological polar surface area (TPSA) is 59.7 Å². The first-order valence-electron chi connectivity index (χ1n) is 13.9. The summed E-state index contributed by atoms with van der Waals surface area (Å²) in [5.41, 5.74) is 8.75. The van der Waals surface area contributed by atoms with Gasteiger partial charge in [0.2, 0.25) is 0 Å². The van der Waals surface area contributed by atoms with Gasteiger partial charge in [-0.15, -0.1) is 0 Å². The van der Waals surface area contributed by atoms with Crippen LogP contribution in [0.1, 0.15) is 24.4 Å². The molecule has 0 saturated carbocycles. The van der Waals surface area contributed by atoms with Crippen molar-refractivity contribution in [1.82, 2.24) is 29.6 Å².